The molecule has 2 rings (SSSR count). The summed E-state index contributed by atoms with van der Waals surface area (Å²) in [4.78, 5) is 22.0. The molecule has 2 unspecified atom stereocenters. The first kappa shape index (κ1) is 14.5. The molecule has 6 nitrogen and oxygen atoms in total. The number of hydrogen-bond donors (Lipinski definition) is 2. The number of hydrogen-bond acceptors (Lipinski definition) is 4. The fourth-order valence-corrected chi connectivity index (χ4v) is 2.52. The van der Waals surface area contributed by atoms with E-state index in [0.717, 1.165) is 31.2 Å². The van der Waals surface area contributed by atoms with Gasteiger partial charge in [-0.15, -0.1) is 0 Å². The highest BCUT2D eigenvalue weighted by molar-refractivity contribution is 5.79. The number of benzene rings is 1. The van der Waals surface area contributed by atoms with Crippen LogP contribution in [0.3, 0.4) is 0 Å². The summed E-state index contributed by atoms with van der Waals surface area (Å²) >= 11 is 0. The Morgan fingerprint density at radius 3 is 2.55 bits per heavy atom. The van der Waals surface area contributed by atoms with Crippen LogP contribution in [0.4, 0.5) is 5.69 Å². The largest absolute Gasteiger partial charge is 0.352 e. The molecule has 1 amide bonds. The number of rotatable bonds is 4. The zero-order valence-electron chi connectivity index (χ0n) is 11.2. The molecule has 1 saturated carbocycles. The molecule has 2 atom stereocenters. The van der Waals surface area contributed by atoms with Gasteiger partial charge >= 0.3 is 0 Å². The van der Waals surface area contributed by atoms with E-state index in [4.69, 9.17) is 5.73 Å². The lowest BCUT2D eigenvalue weighted by molar-refractivity contribution is -0.384. The SMILES string of the molecule is NC1CCCCC1NC(=O)Cc1ccc([N+](=O)[O-])cc1. The van der Waals surface area contributed by atoms with E-state index < -0.39 is 4.92 Å². The summed E-state index contributed by atoms with van der Waals surface area (Å²) in [6.07, 6.45) is 4.31. The fraction of sp³-hybridized carbons (Fsp3) is 0.500. The van der Waals surface area contributed by atoms with Crippen molar-refractivity contribution in [2.24, 2.45) is 5.73 Å². The number of carbonyl (C=O) groups excluding carboxylic acids is 1. The first-order valence-corrected chi connectivity index (χ1v) is 6.84. The molecule has 3 N–H and O–H groups in total. The second-order valence-corrected chi connectivity index (χ2v) is 5.22. The van der Waals surface area contributed by atoms with Crippen LogP contribution >= 0.6 is 0 Å². The van der Waals surface area contributed by atoms with Gasteiger partial charge in [0.15, 0.2) is 0 Å². The van der Waals surface area contributed by atoms with Crippen molar-refractivity contribution in [1.29, 1.82) is 0 Å². The number of nitrogens with one attached hydrogen (secondary N) is 1. The summed E-state index contributed by atoms with van der Waals surface area (Å²) < 4.78 is 0. The molecule has 0 aromatic heterocycles. The number of carbonyl (C=O) groups is 1. The van der Waals surface area contributed by atoms with Crippen molar-refractivity contribution in [3.63, 3.8) is 0 Å². The molecule has 108 valence electrons. The third kappa shape index (κ3) is 3.77. The third-order valence-corrected chi connectivity index (χ3v) is 3.68. The van der Waals surface area contributed by atoms with Crippen molar-refractivity contribution in [2.45, 2.75) is 44.2 Å². The molecule has 0 heterocycles. The van der Waals surface area contributed by atoms with Crippen LogP contribution in [0.15, 0.2) is 24.3 Å². The quantitative estimate of drug-likeness (QED) is 0.644. The summed E-state index contributed by atoms with van der Waals surface area (Å²) in [5.74, 6) is -0.0822. The van der Waals surface area contributed by atoms with Crippen LogP contribution in [-0.2, 0) is 11.2 Å². The zero-order valence-corrected chi connectivity index (χ0v) is 11.2. The number of non-ortho nitro benzene ring substituents is 1. The summed E-state index contributed by atoms with van der Waals surface area (Å²) in [5, 5.41) is 13.5. The molecule has 1 aromatic rings. The van der Waals surface area contributed by atoms with E-state index >= 15 is 0 Å². The molecule has 1 aliphatic carbocycles. The van der Waals surface area contributed by atoms with Gasteiger partial charge in [-0.3, -0.25) is 14.9 Å². The van der Waals surface area contributed by atoms with Gasteiger partial charge in [-0.1, -0.05) is 25.0 Å². The highest BCUT2D eigenvalue weighted by Crippen LogP contribution is 2.17. The summed E-state index contributed by atoms with van der Waals surface area (Å²) in [5.41, 5.74) is 6.78. The predicted octanol–water partition coefficient (Wildman–Crippen LogP) is 1.52. The van der Waals surface area contributed by atoms with Crippen molar-refractivity contribution in [3.8, 4) is 0 Å². The number of amides is 1. The fourth-order valence-electron chi connectivity index (χ4n) is 2.52. The van der Waals surface area contributed by atoms with Gasteiger partial charge in [0.25, 0.3) is 5.69 Å². The minimum Gasteiger partial charge on any atom is -0.352 e. The molecule has 1 aliphatic rings. The number of nitro benzene ring substituents is 1. The molecule has 0 aliphatic heterocycles. The van der Waals surface area contributed by atoms with Gasteiger partial charge in [0.1, 0.15) is 0 Å². The summed E-state index contributed by atoms with van der Waals surface area (Å²) in [6.45, 7) is 0. The van der Waals surface area contributed by atoms with Crippen LogP contribution < -0.4 is 11.1 Å². The topological polar surface area (TPSA) is 98.3 Å². The standard InChI is InChI=1S/C14H19N3O3/c15-12-3-1-2-4-13(12)16-14(18)9-10-5-7-11(8-6-10)17(19)20/h5-8,12-13H,1-4,9,15H2,(H,16,18). The number of nitro groups is 1. The molecule has 0 saturated heterocycles. The van der Waals surface area contributed by atoms with Crippen molar-refractivity contribution in [1.82, 2.24) is 5.32 Å². The lowest BCUT2D eigenvalue weighted by Crippen LogP contribution is -2.49. The van der Waals surface area contributed by atoms with E-state index in [-0.39, 0.29) is 30.1 Å². The molecular weight excluding hydrogens is 258 g/mol. The highest BCUT2D eigenvalue weighted by Gasteiger charge is 2.23. The van der Waals surface area contributed by atoms with Gasteiger partial charge in [-0.25, -0.2) is 0 Å². The second-order valence-electron chi connectivity index (χ2n) is 5.22. The van der Waals surface area contributed by atoms with Gasteiger partial charge in [0, 0.05) is 24.2 Å². The van der Waals surface area contributed by atoms with E-state index in [1.54, 1.807) is 12.1 Å². The Balaban J connectivity index is 1.89. The normalized spacial score (nSPS) is 22.2. The van der Waals surface area contributed by atoms with E-state index in [2.05, 4.69) is 5.32 Å². The van der Waals surface area contributed by atoms with E-state index in [1.807, 2.05) is 0 Å². The monoisotopic (exact) mass is 277 g/mol. The Kier molecular flexibility index (Phi) is 4.68. The Hall–Kier alpha value is -1.95. The minimum absolute atomic E-state index is 0.0310. The van der Waals surface area contributed by atoms with Gasteiger partial charge < -0.3 is 11.1 Å². The van der Waals surface area contributed by atoms with E-state index in [0.29, 0.717) is 0 Å². The molecule has 1 fully saturated rings. The Bertz CT molecular complexity index is 487. The predicted molar refractivity (Wildman–Crippen MR) is 75.2 cm³/mol. The van der Waals surface area contributed by atoms with Gasteiger partial charge in [0.05, 0.1) is 11.3 Å². The van der Waals surface area contributed by atoms with E-state index in [9.17, 15) is 14.9 Å². The lowest BCUT2D eigenvalue weighted by Gasteiger charge is -2.29. The number of nitrogens with two attached hydrogens (primary N) is 1. The minimum atomic E-state index is -0.453. The van der Waals surface area contributed by atoms with Gasteiger partial charge in [0.2, 0.25) is 5.91 Å². The first-order chi connectivity index (χ1) is 9.56. The zero-order chi connectivity index (χ0) is 14.5. The maximum atomic E-state index is 11.9. The first-order valence-electron chi connectivity index (χ1n) is 6.84. The Morgan fingerprint density at radius 1 is 1.30 bits per heavy atom. The highest BCUT2D eigenvalue weighted by atomic mass is 16.6. The van der Waals surface area contributed by atoms with E-state index in [1.165, 1.54) is 12.1 Å². The Morgan fingerprint density at radius 2 is 1.95 bits per heavy atom. The molecule has 6 heteroatoms. The van der Waals surface area contributed by atoms with Crippen molar-refractivity contribution < 1.29 is 9.72 Å². The smallest absolute Gasteiger partial charge is 0.269 e. The average molecular weight is 277 g/mol. The van der Waals surface area contributed by atoms with Crippen LogP contribution in [0.25, 0.3) is 0 Å². The molecule has 0 bridgehead atoms. The Labute approximate surface area is 117 Å². The van der Waals surface area contributed by atoms with Crippen molar-refractivity contribution in [2.75, 3.05) is 0 Å². The summed E-state index contributed by atoms with van der Waals surface area (Å²) in [6, 6.07) is 6.12. The van der Waals surface area contributed by atoms with Gasteiger partial charge in [-0.05, 0) is 18.4 Å². The molecule has 1 aromatic carbocycles. The second kappa shape index (κ2) is 6.47. The molecular formula is C14H19N3O3. The van der Waals surface area contributed by atoms with Crippen LogP contribution in [0.5, 0.6) is 0 Å². The van der Waals surface area contributed by atoms with Crippen LogP contribution in [0, 0.1) is 10.1 Å². The molecule has 20 heavy (non-hydrogen) atoms. The molecule has 0 spiro atoms. The van der Waals surface area contributed by atoms with Crippen LogP contribution in [0.1, 0.15) is 31.2 Å². The van der Waals surface area contributed by atoms with Crippen molar-refractivity contribution >= 4 is 11.6 Å². The lowest BCUT2D eigenvalue weighted by atomic mass is 9.91. The van der Waals surface area contributed by atoms with Crippen LogP contribution in [0.2, 0.25) is 0 Å². The van der Waals surface area contributed by atoms with Gasteiger partial charge in [-0.2, -0.15) is 0 Å². The average Bonchev–Trinajstić information content (AvgIpc) is 2.42. The van der Waals surface area contributed by atoms with Crippen LogP contribution in [-0.4, -0.2) is 22.9 Å². The summed E-state index contributed by atoms with van der Waals surface area (Å²) in [7, 11) is 0. The van der Waals surface area contributed by atoms with Crippen molar-refractivity contribution in [3.05, 3.63) is 39.9 Å². The third-order valence-electron chi connectivity index (χ3n) is 3.68. The maximum absolute atomic E-state index is 11.9. The molecule has 0 radical (unpaired) electrons. The number of nitrogens with zero attached hydrogens (tertiary/aromatic N) is 1. The maximum Gasteiger partial charge on any atom is 0.269 e.